The fourth-order valence-corrected chi connectivity index (χ4v) is 0.858. The van der Waals surface area contributed by atoms with Gasteiger partial charge in [-0.05, 0) is 6.92 Å². The van der Waals surface area contributed by atoms with Crippen molar-refractivity contribution in [3.8, 4) is 12.3 Å². The molecule has 0 aliphatic carbocycles. The van der Waals surface area contributed by atoms with Crippen LogP contribution in [0.3, 0.4) is 0 Å². The van der Waals surface area contributed by atoms with E-state index in [1.54, 1.807) is 14.0 Å². The van der Waals surface area contributed by atoms with Crippen LogP contribution in [0.5, 0.6) is 0 Å². The zero-order valence-corrected chi connectivity index (χ0v) is 8.58. The first-order chi connectivity index (χ1) is 6.61. The summed E-state index contributed by atoms with van der Waals surface area (Å²) in [5.41, 5.74) is 0. The second-order valence-electron chi connectivity index (χ2n) is 2.76. The number of hydrogen-bond donors (Lipinski definition) is 0. The quantitative estimate of drug-likeness (QED) is 0.474. The Morgan fingerprint density at radius 3 is 2.57 bits per heavy atom. The van der Waals surface area contributed by atoms with E-state index in [4.69, 9.17) is 6.42 Å². The molecule has 0 saturated carbocycles. The van der Waals surface area contributed by atoms with Gasteiger partial charge in [0.1, 0.15) is 0 Å². The van der Waals surface area contributed by atoms with Gasteiger partial charge in [0, 0.05) is 13.5 Å². The van der Waals surface area contributed by atoms with Crippen LogP contribution in [0, 0.1) is 12.3 Å². The van der Waals surface area contributed by atoms with Crippen LogP contribution in [0.4, 0.5) is 0 Å². The highest BCUT2D eigenvalue weighted by atomic mass is 16.5. The maximum atomic E-state index is 11.3. The largest absolute Gasteiger partial charge is 0.466 e. The van der Waals surface area contributed by atoms with Crippen molar-refractivity contribution in [3.63, 3.8) is 0 Å². The summed E-state index contributed by atoms with van der Waals surface area (Å²) in [5.74, 6) is 1.86. The van der Waals surface area contributed by atoms with Crippen LogP contribution in [0.1, 0.15) is 19.8 Å². The molecule has 0 rings (SSSR count). The van der Waals surface area contributed by atoms with Crippen molar-refractivity contribution in [3.05, 3.63) is 0 Å². The number of ether oxygens (including phenoxy) is 1. The number of carbonyl (C=O) groups excluding carboxylic acids is 2. The Hall–Kier alpha value is -1.50. The van der Waals surface area contributed by atoms with Crippen LogP contribution in [0.25, 0.3) is 0 Å². The van der Waals surface area contributed by atoms with E-state index in [9.17, 15) is 9.59 Å². The third kappa shape index (κ3) is 5.20. The summed E-state index contributed by atoms with van der Waals surface area (Å²) in [7, 11) is 1.60. The zero-order chi connectivity index (χ0) is 11.0. The molecule has 0 aromatic rings. The normalized spacial score (nSPS) is 8.93. The van der Waals surface area contributed by atoms with Gasteiger partial charge in [0.25, 0.3) is 0 Å². The average molecular weight is 197 g/mol. The molecule has 78 valence electrons. The molecule has 0 fully saturated rings. The lowest BCUT2D eigenvalue weighted by Gasteiger charge is -2.12. The molecule has 0 aromatic carbocycles. The summed E-state index contributed by atoms with van der Waals surface area (Å²) in [6, 6.07) is 0. The molecule has 0 aliphatic heterocycles. The monoisotopic (exact) mass is 197 g/mol. The number of hydrogen-bond acceptors (Lipinski definition) is 3. The van der Waals surface area contributed by atoms with Gasteiger partial charge in [-0.2, -0.15) is 0 Å². The average Bonchev–Trinajstić information content (AvgIpc) is 2.15. The third-order valence-corrected chi connectivity index (χ3v) is 1.60. The molecule has 14 heavy (non-hydrogen) atoms. The Morgan fingerprint density at radius 2 is 2.07 bits per heavy atom. The summed E-state index contributed by atoms with van der Waals surface area (Å²) in [6.07, 6.45) is 5.30. The van der Waals surface area contributed by atoms with Gasteiger partial charge < -0.3 is 9.64 Å². The molecule has 0 heterocycles. The van der Waals surface area contributed by atoms with Crippen molar-refractivity contribution in [2.45, 2.75) is 19.8 Å². The minimum Gasteiger partial charge on any atom is -0.466 e. The molecule has 0 atom stereocenters. The Kier molecular flexibility index (Phi) is 6.21. The van der Waals surface area contributed by atoms with E-state index in [0.717, 1.165) is 0 Å². The molecule has 4 heteroatoms. The highest BCUT2D eigenvalue weighted by Gasteiger charge is 2.10. The second kappa shape index (κ2) is 6.96. The lowest BCUT2D eigenvalue weighted by molar-refractivity contribution is -0.145. The van der Waals surface area contributed by atoms with Crippen molar-refractivity contribution in [1.82, 2.24) is 4.90 Å². The Labute approximate surface area is 84.2 Å². The molecule has 0 aliphatic rings. The van der Waals surface area contributed by atoms with E-state index < -0.39 is 0 Å². The van der Waals surface area contributed by atoms with Crippen molar-refractivity contribution < 1.29 is 14.3 Å². The Balaban J connectivity index is 3.74. The first-order valence-corrected chi connectivity index (χ1v) is 4.44. The topological polar surface area (TPSA) is 46.6 Å². The first kappa shape index (κ1) is 12.5. The molecule has 0 spiro atoms. The fourth-order valence-electron chi connectivity index (χ4n) is 0.858. The van der Waals surface area contributed by atoms with Crippen LogP contribution in [-0.4, -0.2) is 37.0 Å². The highest BCUT2D eigenvalue weighted by Crippen LogP contribution is 1.97. The maximum absolute atomic E-state index is 11.3. The fraction of sp³-hybridized carbons (Fsp3) is 0.600. The number of carbonyl (C=O) groups is 2. The van der Waals surface area contributed by atoms with Gasteiger partial charge in [0.2, 0.25) is 5.91 Å². The van der Waals surface area contributed by atoms with E-state index in [-0.39, 0.29) is 31.3 Å². The van der Waals surface area contributed by atoms with Crippen LogP contribution in [0.2, 0.25) is 0 Å². The molecule has 0 unspecified atom stereocenters. The molecule has 0 aromatic heterocycles. The molecule has 0 radical (unpaired) electrons. The molecule has 4 nitrogen and oxygen atoms in total. The van der Waals surface area contributed by atoms with Crippen molar-refractivity contribution >= 4 is 11.9 Å². The predicted octanol–water partition coefficient (Wildman–Crippen LogP) is 0.421. The minimum atomic E-state index is -0.352. The van der Waals surface area contributed by atoms with E-state index in [1.807, 2.05) is 0 Å². The van der Waals surface area contributed by atoms with Gasteiger partial charge in [-0.25, -0.2) is 0 Å². The summed E-state index contributed by atoms with van der Waals surface area (Å²) < 4.78 is 4.68. The molecule has 0 bridgehead atoms. The van der Waals surface area contributed by atoms with E-state index in [2.05, 4.69) is 10.7 Å². The number of amides is 1. The van der Waals surface area contributed by atoms with Gasteiger partial charge in [-0.15, -0.1) is 6.42 Å². The van der Waals surface area contributed by atoms with Crippen LogP contribution in [0.15, 0.2) is 0 Å². The zero-order valence-electron chi connectivity index (χ0n) is 8.58. The van der Waals surface area contributed by atoms with Crippen LogP contribution < -0.4 is 0 Å². The number of terminal acetylenes is 1. The van der Waals surface area contributed by atoms with Crippen molar-refractivity contribution in [1.29, 1.82) is 0 Å². The SMILES string of the molecule is C#CCN(C)C(=O)CCC(=O)OCC. The molecule has 0 saturated heterocycles. The lowest BCUT2D eigenvalue weighted by Crippen LogP contribution is -2.27. The van der Waals surface area contributed by atoms with Gasteiger partial charge in [0.15, 0.2) is 0 Å². The van der Waals surface area contributed by atoms with Crippen molar-refractivity contribution in [2.75, 3.05) is 20.2 Å². The van der Waals surface area contributed by atoms with Crippen LogP contribution in [-0.2, 0) is 14.3 Å². The minimum absolute atomic E-state index is 0.113. The summed E-state index contributed by atoms with van der Waals surface area (Å²) in [4.78, 5) is 23.6. The molecular formula is C10H15NO3. The van der Waals surface area contributed by atoms with E-state index >= 15 is 0 Å². The number of rotatable bonds is 5. The third-order valence-electron chi connectivity index (χ3n) is 1.60. The van der Waals surface area contributed by atoms with Gasteiger partial charge in [0.05, 0.1) is 19.6 Å². The molecule has 1 amide bonds. The Morgan fingerprint density at radius 1 is 1.43 bits per heavy atom. The highest BCUT2D eigenvalue weighted by molar-refractivity contribution is 5.81. The smallest absolute Gasteiger partial charge is 0.306 e. The van der Waals surface area contributed by atoms with E-state index in [0.29, 0.717) is 6.61 Å². The van der Waals surface area contributed by atoms with Crippen LogP contribution >= 0.6 is 0 Å². The van der Waals surface area contributed by atoms with E-state index in [1.165, 1.54) is 4.90 Å². The Bertz CT molecular complexity index is 242. The van der Waals surface area contributed by atoms with Crippen molar-refractivity contribution in [2.24, 2.45) is 0 Å². The van der Waals surface area contributed by atoms with Gasteiger partial charge in [-0.3, -0.25) is 9.59 Å². The lowest BCUT2D eigenvalue weighted by atomic mass is 10.3. The standard InChI is InChI=1S/C10H15NO3/c1-4-8-11(3)9(12)6-7-10(13)14-5-2/h1H,5-8H2,2-3H3. The summed E-state index contributed by atoms with van der Waals surface area (Å²) >= 11 is 0. The number of nitrogens with zero attached hydrogens (tertiary/aromatic N) is 1. The first-order valence-electron chi connectivity index (χ1n) is 4.44. The van der Waals surface area contributed by atoms with Gasteiger partial charge >= 0.3 is 5.97 Å². The maximum Gasteiger partial charge on any atom is 0.306 e. The molecular weight excluding hydrogens is 182 g/mol. The molecule has 0 N–H and O–H groups in total. The second-order valence-corrected chi connectivity index (χ2v) is 2.76. The predicted molar refractivity (Wildman–Crippen MR) is 52.3 cm³/mol. The van der Waals surface area contributed by atoms with Gasteiger partial charge in [-0.1, -0.05) is 5.92 Å². The summed E-state index contributed by atoms with van der Waals surface area (Å²) in [6.45, 7) is 2.33. The summed E-state index contributed by atoms with van der Waals surface area (Å²) in [5, 5.41) is 0. The number of esters is 1.